The molecule has 7 heterocycles. The Bertz CT molecular complexity index is 2670. The maximum atomic E-state index is 15.9. The van der Waals surface area contributed by atoms with Crippen LogP contribution in [0.1, 0.15) is 74.5 Å². The van der Waals surface area contributed by atoms with E-state index >= 15 is 17.6 Å². The first-order valence-electron chi connectivity index (χ1n) is 21.2. The van der Waals surface area contributed by atoms with Crippen molar-refractivity contribution in [3.05, 3.63) is 68.7 Å². The number of likely N-dealkylation sites (tertiary alicyclic amines) is 1. The Morgan fingerprint density at radius 3 is 2.50 bits per heavy atom. The fourth-order valence-corrected chi connectivity index (χ4v) is 9.92. The van der Waals surface area contributed by atoms with Crippen molar-refractivity contribution in [2.75, 3.05) is 54.9 Å². The number of H-pyrrole nitrogens is 1. The Hall–Kier alpha value is -5.49. The number of piperidine rings is 3. The summed E-state index contributed by atoms with van der Waals surface area (Å²) >= 11 is 6.54. The number of nitrogens with zero attached hydrogens (tertiary/aromatic N) is 6. The van der Waals surface area contributed by atoms with Crippen LogP contribution in [-0.4, -0.2) is 92.7 Å². The second-order valence-corrected chi connectivity index (χ2v) is 17.8. The van der Waals surface area contributed by atoms with Crippen LogP contribution >= 0.6 is 11.6 Å². The first-order chi connectivity index (χ1) is 29.8. The maximum Gasteiger partial charge on any atom is 0.301 e. The van der Waals surface area contributed by atoms with Gasteiger partial charge in [0.25, 0.3) is 5.56 Å². The van der Waals surface area contributed by atoms with Gasteiger partial charge in [0.1, 0.15) is 16.4 Å². The van der Waals surface area contributed by atoms with Gasteiger partial charge in [-0.3, -0.25) is 24.8 Å². The monoisotopic (exact) mass is 876 g/mol. The predicted molar refractivity (Wildman–Crippen MR) is 225 cm³/mol. The minimum absolute atomic E-state index is 0.0171. The second kappa shape index (κ2) is 15.7. The molecule has 1 saturated carbocycles. The molecule has 1 aliphatic carbocycles. The quantitative estimate of drug-likeness (QED) is 0.0969. The number of aryl methyl sites for hydroxylation is 1. The molecule has 2 amide bonds. The fraction of sp³-hybridized carbons (Fsp3) is 0.488. The number of hydrogen-bond donors (Lipinski definition) is 4. The van der Waals surface area contributed by atoms with Crippen LogP contribution in [0.15, 0.2) is 35.3 Å². The average Bonchev–Trinajstić information content (AvgIpc) is 4.02. The van der Waals surface area contributed by atoms with Crippen LogP contribution in [0.25, 0.3) is 21.8 Å². The smallest absolute Gasteiger partial charge is 0.301 e. The lowest BCUT2D eigenvalue weighted by Crippen LogP contribution is -2.44. The SMILES string of the molecule is Cn1c(=O)c2c(c3cc(Nc4nc(N5CCC(CN6CCC(c7ccc8c(C9CCC(=O)NC9=O)[nH]nc8c7F)CC6)CC5)ncc4Cl)c(F)cc31)NC(C1CC1)C(F)(F)CO2. The van der Waals surface area contributed by atoms with Gasteiger partial charge in [-0.1, -0.05) is 23.7 Å². The van der Waals surface area contributed by atoms with Gasteiger partial charge in [-0.2, -0.15) is 10.1 Å². The molecule has 3 aromatic heterocycles. The number of alkyl halides is 2. The van der Waals surface area contributed by atoms with E-state index in [0.29, 0.717) is 66.2 Å². The molecule has 3 saturated heterocycles. The van der Waals surface area contributed by atoms with Crippen molar-refractivity contribution in [3.8, 4) is 5.75 Å². The minimum Gasteiger partial charge on any atom is -0.480 e. The number of rotatable bonds is 8. The van der Waals surface area contributed by atoms with Crippen molar-refractivity contribution >= 4 is 68.4 Å². The van der Waals surface area contributed by atoms with Crippen LogP contribution in [0.2, 0.25) is 5.02 Å². The highest BCUT2D eigenvalue weighted by Crippen LogP contribution is 2.46. The van der Waals surface area contributed by atoms with E-state index < -0.39 is 41.8 Å². The molecule has 326 valence electrons. The Morgan fingerprint density at radius 1 is 0.984 bits per heavy atom. The van der Waals surface area contributed by atoms with E-state index in [9.17, 15) is 14.4 Å². The molecule has 19 heteroatoms. The predicted octanol–water partition coefficient (Wildman–Crippen LogP) is 6.71. The molecule has 0 bridgehead atoms. The van der Waals surface area contributed by atoms with E-state index in [0.717, 1.165) is 45.3 Å². The summed E-state index contributed by atoms with van der Waals surface area (Å²) < 4.78 is 68.6. The Kier molecular flexibility index (Phi) is 10.3. The van der Waals surface area contributed by atoms with E-state index in [2.05, 4.69) is 45.9 Å². The summed E-state index contributed by atoms with van der Waals surface area (Å²) in [5, 5.41) is 16.4. The first kappa shape index (κ1) is 40.6. The molecule has 14 nitrogen and oxygen atoms in total. The largest absolute Gasteiger partial charge is 0.480 e. The van der Waals surface area contributed by atoms with Gasteiger partial charge in [0.15, 0.2) is 18.2 Å². The highest BCUT2D eigenvalue weighted by molar-refractivity contribution is 6.33. The zero-order valence-electron chi connectivity index (χ0n) is 33.9. The number of hydrogen-bond acceptors (Lipinski definition) is 11. The number of nitrogens with one attached hydrogen (secondary N) is 4. The summed E-state index contributed by atoms with van der Waals surface area (Å²) in [6, 6.07) is 5.05. The molecule has 0 radical (unpaired) electrons. The zero-order chi connectivity index (χ0) is 43.0. The van der Waals surface area contributed by atoms with Crippen LogP contribution in [0.5, 0.6) is 5.75 Å². The number of amides is 2. The number of ether oxygens (including phenoxy) is 1. The number of anilines is 4. The van der Waals surface area contributed by atoms with Crippen LogP contribution < -0.4 is 31.1 Å². The van der Waals surface area contributed by atoms with E-state index in [1.165, 1.54) is 29.9 Å². The summed E-state index contributed by atoms with van der Waals surface area (Å²) in [6.07, 6.45) is 6.70. The number of carbonyl (C=O) groups excluding carboxylic acids is 2. The zero-order valence-corrected chi connectivity index (χ0v) is 34.6. The third-order valence-corrected chi connectivity index (χ3v) is 13.7. The lowest BCUT2D eigenvalue weighted by Gasteiger charge is -2.38. The average molecular weight is 877 g/mol. The van der Waals surface area contributed by atoms with Gasteiger partial charge in [0, 0.05) is 49.9 Å². The Morgan fingerprint density at radius 2 is 1.76 bits per heavy atom. The van der Waals surface area contributed by atoms with Crippen molar-refractivity contribution in [3.63, 3.8) is 0 Å². The van der Waals surface area contributed by atoms with E-state index in [4.69, 9.17) is 16.3 Å². The fourth-order valence-electron chi connectivity index (χ4n) is 9.78. The van der Waals surface area contributed by atoms with Gasteiger partial charge >= 0.3 is 5.92 Å². The van der Waals surface area contributed by atoms with E-state index in [1.54, 1.807) is 0 Å². The van der Waals surface area contributed by atoms with Crippen molar-refractivity contribution in [2.24, 2.45) is 18.9 Å². The van der Waals surface area contributed by atoms with Gasteiger partial charge in [-0.05, 0) is 87.4 Å². The number of carbonyl (C=O) groups is 2. The summed E-state index contributed by atoms with van der Waals surface area (Å²) in [4.78, 5) is 51.0. The highest BCUT2D eigenvalue weighted by Gasteiger charge is 2.51. The van der Waals surface area contributed by atoms with Crippen molar-refractivity contribution in [1.29, 1.82) is 0 Å². The summed E-state index contributed by atoms with van der Waals surface area (Å²) in [5.41, 5.74) is 1.04. The summed E-state index contributed by atoms with van der Waals surface area (Å²) in [5.74, 6) is -4.98. The van der Waals surface area contributed by atoms with Gasteiger partial charge in [-0.15, -0.1) is 0 Å². The molecule has 4 fully saturated rings. The molecular formula is C43H45ClF4N10O4. The van der Waals surface area contributed by atoms with Crippen molar-refractivity contribution in [1.82, 2.24) is 34.9 Å². The van der Waals surface area contributed by atoms with Crippen molar-refractivity contribution in [2.45, 2.75) is 75.2 Å². The number of halogens is 5. The minimum atomic E-state index is -3.22. The Labute approximate surface area is 357 Å². The number of benzene rings is 2. The van der Waals surface area contributed by atoms with Crippen LogP contribution in [0.3, 0.4) is 0 Å². The normalized spacial score (nSPS) is 22.6. The number of pyridine rings is 1. The third-order valence-electron chi connectivity index (χ3n) is 13.4. The van der Waals surface area contributed by atoms with E-state index in [1.807, 2.05) is 12.1 Å². The number of aromatic nitrogens is 5. The first-order valence-corrected chi connectivity index (χ1v) is 21.6. The molecule has 0 spiro atoms. The van der Waals surface area contributed by atoms with Gasteiger partial charge in [0.2, 0.25) is 23.5 Å². The molecule has 5 aromatic rings. The van der Waals surface area contributed by atoms with Gasteiger partial charge in [0.05, 0.1) is 40.7 Å². The van der Waals surface area contributed by atoms with E-state index in [-0.39, 0.29) is 69.0 Å². The van der Waals surface area contributed by atoms with Crippen LogP contribution in [0.4, 0.5) is 40.7 Å². The topological polar surface area (TPSA) is 162 Å². The molecule has 4 N–H and O–H groups in total. The lowest BCUT2D eigenvalue weighted by molar-refractivity contribution is -0.134. The van der Waals surface area contributed by atoms with Crippen LogP contribution in [0, 0.1) is 23.5 Å². The van der Waals surface area contributed by atoms with Gasteiger partial charge in [-0.25, -0.2) is 22.5 Å². The standard InChI is InChI=1S/C43H45ClF4N10O4/c1-56-31-17-29(45)30(16-27(31)36-37(41(56)61)62-20-43(47,48)38(52-36)23-2-3-23)50-39-28(44)18-49-42(53-39)58-14-8-21(9-15-58)19-57-12-10-22(11-13-57)24-4-5-25-34(54-55-35(25)33(24)46)26-6-7-32(59)51-40(26)60/h4-5,16-18,21-23,26,38,52H,2-3,6-15,19-20H2,1H3,(H,54,55)(H,49,50,53)(H,51,59,60). The highest BCUT2D eigenvalue weighted by atomic mass is 35.5. The second-order valence-electron chi connectivity index (χ2n) is 17.4. The third kappa shape index (κ3) is 7.37. The summed E-state index contributed by atoms with van der Waals surface area (Å²) in [6.45, 7) is 3.04. The molecule has 4 aliphatic heterocycles. The van der Waals surface area contributed by atoms with Crippen molar-refractivity contribution < 1.29 is 31.9 Å². The molecule has 10 rings (SSSR count). The lowest BCUT2D eigenvalue weighted by atomic mass is 9.86. The van der Waals surface area contributed by atoms with Crippen LogP contribution in [-0.2, 0) is 16.6 Å². The molecule has 2 unspecified atom stereocenters. The summed E-state index contributed by atoms with van der Waals surface area (Å²) in [7, 11) is 1.44. The number of aromatic amines is 1. The molecule has 2 aromatic carbocycles. The number of fused-ring (bicyclic) bond motifs is 4. The maximum absolute atomic E-state index is 15.9. The Balaban J connectivity index is 0.776. The van der Waals surface area contributed by atoms with Gasteiger partial charge < -0.3 is 29.7 Å². The number of imide groups is 1. The molecule has 2 atom stereocenters. The molecular weight excluding hydrogens is 832 g/mol. The molecule has 5 aliphatic rings. The molecule has 62 heavy (non-hydrogen) atoms.